The molecular weight excluding hydrogens is 230 g/mol. The Morgan fingerprint density at radius 1 is 1.38 bits per heavy atom. The summed E-state index contributed by atoms with van der Waals surface area (Å²) in [5, 5.41) is 8.73. The Morgan fingerprint density at radius 2 is 1.94 bits per heavy atom. The quantitative estimate of drug-likeness (QED) is 0.727. The van der Waals surface area contributed by atoms with Gasteiger partial charge >= 0.3 is 0 Å². The van der Waals surface area contributed by atoms with Gasteiger partial charge in [-0.2, -0.15) is 0 Å². The SMILES string of the molecule is CC(C)[C@@H](CO)NS(=O)(=O)C1CCOCC1. The van der Waals surface area contributed by atoms with E-state index < -0.39 is 16.1 Å². The van der Waals surface area contributed by atoms with Crippen LogP contribution in [0.1, 0.15) is 26.7 Å². The highest BCUT2D eigenvalue weighted by Gasteiger charge is 2.30. The second-order valence-corrected chi connectivity index (χ2v) is 6.50. The van der Waals surface area contributed by atoms with E-state index >= 15 is 0 Å². The topological polar surface area (TPSA) is 75.6 Å². The monoisotopic (exact) mass is 251 g/mol. The number of hydrogen-bond donors (Lipinski definition) is 2. The summed E-state index contributed by atoms with van der Waals surface area (Å²) in [6, 6.07) is -0.396. The maximum Gasteiger partial charge on any atom is 0.214 e. The fourth-order valence-corrected chi connectivity index (χ4v) is 3.45. The molecule has 2 N–H and O–H groups in total. The van der Waals surface area contributed by atoms with Crippen molar-refractivity contribution in [2.45, 2.75) is 38.0 Å². The highest BCUT2D eigenvalue weighted by molar-refractivity contribution is 7.90. The van der Waals surface area contributed by atoms with Crippen LogP contribution in [0.3, 0.4) is 0 Å². The van der Waals surface area contributed by atoms with Crippen molar-refractivity contribution in [2.24, 2.45) is 5.92 Å². The second kappa shape index (κ2) is 5.95. The van der Waals surface area contributed by atoms with E-state index in [1.165, 1.54) is 0 Å². The summed E-state index contributed by atoms with van der Waals surface area (Å²) >= 11 is 0. The number of rotatable bonds is 5. The zero-order valence-electron chi connectivity index (χ0n) is 9.85. The molecule has 1 rings (SSSR count). The molecule has 0 bridgehead atoms. The molecule has 16 heavy (non-hydrogen) atoms. The van der Waals surface area contributed by atoms with Gasteiger partial charge in [0, 0.05) is 19.3 Å². The molecule has 0 unspecified atom stereocenters. The molecule has 0 aromatic rings. The van der Waals surface area contributed by atoms with Crippen LogP contribution in [0.4, 0.5) is 0 Å². The average molecular weight is 251 g/mol. The summed E-state index contributed by atoms with van der Waals surface area (Å²) in [7, 11) is -3.33. The Labute approximate surface area is 97.2 Å². The van der Waals surface area contributed by atoms with Crippen LogP contribution >= 0.6 is 0 Å². The fraction of sp³-hybridized carbons (Fsp3) is 1.00. The van der Waals surface area contributed by atoms with Crippen LogP contribution in [0.15, 0.2) is 0 Å². The van der Waals surface area contributed by atoms with E-state index in [9.17, 15) is 8.42 Å². The molecule has 1 aliphatic rings. The zero-order valence-corrected chi connectivity index (χ0v) is 10.7. The molecule has 1 fully saturated rings. The number of sulfonamides is 1. The lowest BCUT2D eigenvalue weighted by atomic mass is 10.1. The van der Waals surface area contributed by atoms with E-state index in [0.717, 1.165) is 0 Å². The molecule has 0 saturated carbocycles. The molecule has 5 nitrogen and oxygen atoms in total. The van der Waals surface area contributed by atoms with Crippen LogP contribution in [0.25, 0.3) is 0 Å². The third kappa shape index (κ3) is 3.69. The Morgan fingerprint density at radius 3 is 2.38 bits per heavy atom. The van der Waals surface area contributed by atoms with Crippen molar-refractivity contribution in [3.63, 3.8) is 0 Å². The van der Waals surface area contributed by atoms with Crippen molar-refractivity contribution in [3.05, 3.63) is 0 Å². The molecule has 1 atom stereocenters. The molecule has 0 aromatic carbocycles. The average Bonchev–Trinajstić information content (AvgIpc) is 2.27. The molecule has 0 amide bonds. The minimum absolute atomic E-state index is 0.0830. The first-order valence-electron chi connectivity index (χ1n) is 5.67. The highest BCUT2D eigenvalue weighted by atomic mass is 32.2. The van der Waals surface area contributed by atoms with Gasteiger partial charge < -0.3 is 9.84 Å². The fourth-order valence-electron chi connectivity index (χ4n) is 1.68. The van der Waals surface area contributed by atoms with Gasteiger partial charge in [0.2, 0.25) is 10.0 Å². The standard InChI is InChI=1S/C10H21NO4S/c1-8(2)10(7-12)11-16(13,14)9-3-5-15-6-4-9/h8-12H,3-7H2,1-2H3/t10-/m1/s1. The normalized spacial score (nSPS) is 21.2. The third-order valence-corrected chi connectivity index (χ3v) is 4.90. The summed E-state index contributed by atoms with van der Waals surface area (Å²) in [6.07, 6.45) is 1.07. The van der Waals surface area contributed by atoms with Crippen molar-refractivity contribution >= 4 is 10.0 Å². The van der Waals surface area contributed by atoms with Crippen LogP contribution in [-0.4, -0.2) is 44.6 Å². The first-order valence-corrected chi connectivity index (χ1v) is 7.21. The summed E-state index contributed by atoms with van der Waals surface area (Å²) < 4.78 is 31.7. The van der Waals surface area contributed by atoms with Gasteiger partial charge in [-0.15, -0.1) is 0 Å². The van der Waals surface area contributed by atoms with Gasteiger partial charge in [0.15, 0.2) is 0 Å². The molecule has 1 saturated heterocycles. The lowest BCUT2D eigenvalue weighted by molar-refractivity contribution is 0.0979. The first kappa shape index (κ1) is 13.9. The maximum atomic E-state index is 12.0. The minimum atomic E-state index is -3.33. The van der Waals surface area contributed by atoms with Crippen molar-refractivity contribution in [3.8, 4) is 0 Å². The van der Waals surface area contributed by atoms with Gasteiger partial charge in [-0.25, -0.2) is 13.1 Å². The van der Waals surface area contributed by atoms with Gasteiger partial charge in [-0.1, -0.05) is 13.8 Å². The maximum absolute atomic E-state index is 12.0. The van der Waals surface area contributed by atoms with Gasteiger partial charge in [0.1, 0.15) is 0 Å². The van der Waals surface area contributed by atoms with Crippen LogP contribution in [-0.2, 0) is 14.8 Å². The smallest absolute Gasteiger partial charge is 0.214 e. The van der Waals surface area contributed by atoms with Gasteiger partial charge in [-0.3, -0.25) is 0 Å². The molecular formula is C10H21NO4S. The van der Waals surface area contributed by atoms with Crippen molar-refractivity contribution in [2.75, 3.05) is 19.8 Å². The summed E-state index contributed by atoms with van der Waals surface area (Å²) in [6.45, 7) is 4.59. The van der Waals surface area contributed by atoms with Crippen molar-refractivity contribution in [1.29, 1.82) is 0 Å². The summed E-state index contributed by atoms with van der Waals surface area (Å²) in [5.41, 5.74) is 0. The molecule has 96 valence electrons. The zero-order chi connectivity index (χ0) is 12.2. The molecule has 1 aliphatic heterocycles. The van der Waals surface area contributed by atoms with Crippen molar-refractivity contribution < 1.29 is 18.3 Å². The molecule has 0 aliphatic carbocycles. The van der Waals surface area contributed by atoms with Crippen molar-refractivity contribution in [1.82, 2.24) is 4.72 Å². The van der Waals surface area contributed by atoms with E-state index in [-0.39, 0.29) is 17.8 Å². The molecule has 0 aromatic heterocycles. The second-order valence-electron chi connectivity index (χ2n) is 4.51. The van der Waals surface area contributed by atoms with Gasteiger partial charge in [0.05, 0.1) is 11.9 Å². The van der Waals surface area contributed by atoms with E-state index in [4.69, 9.17) is 9.84 Å². The molecule has 0 radical (unpaired) electrons. The van der Waals surface area contributed by atoms with E-state index in [2.05, 4.69) is 4.72 Å². The Hall–Kier alpha value is -0.170. The lowest BCUT2D eigenvalue weighted by Crippen LogP contribution is -2.46. The van der Waals surface area contributed by atoms with Crippen LogP contribution < -0.4 is 4.72 Å². The highest BCUT2D eigenvalue weighted by Crippen LogP contribution is 2.16. The van der Waals surface area contributed by atoms with Gasteiger partial charge in [0.25, 0.3) is 0 Å². The Balaban J connectivity index is 2.62. The first-order chi connectivity index (χ1) is 7.47. The molecule has 0 spiro atoms. The van der Waals surface area contributed by atoms with Crippen LogP contribution in [0.2, 0.25) is 0 Å². The lowest BCUT2D eigenvalue weighted by Gasteiger charge is -2.26. The molecule has 1 heterocycles. The Bertz CT molecular complexity index is 296. The predicted octanol–water partition coefficient (Wildman–Crippen LogP) is 0.102. The van der Waals surface area contributed by atoms with E-state index in [1.807, 2.05) is 13.8 Å². The molecule has 6 heteroatoms. The minimum Gasteiger partial charge on any atom is -0.395 e. The van der Waals surface area contributed by atoms with Crippen LogP contribution in [0, 0.1) is 5.92 Å². The van der Waals surface area contributed by atoms with Gasteiger partial charge in [-0.05, 0) is 18.8 Å². The number of nitrogens with one attached hydrogen (secondary N) is 1. The number of hydrogen-bond acceptors (Lipinski definition) is 4. The van der Waals surface area contributed by atoms with E-state index in [0.29, 0.717) is 26.1 Å². The third-order valence-electron chi connectivity index (χ3n) is 2.92. The number of aliphatic hydroxyl groups excluding tert-OH is 1. The van der Waals surface area contributed by atoms with E-state index in [1.54, 1.807) is 0 Å². The summed E-state index contributed by atoms with van der Waals surface area (Å²) in [5.74, 6) is 0.0830. The summed E-state index contributed by atoms with van der Waals surface area (Å²) in [4.78, 5) is 0. The predicted molar refractivity (Wildman–Crippen MR) is 61.6 cm³/mol. The number of ether oxygens (including phenoxy) is 1. The largest absolute Gasteiger partial charge is 0.395 e. The Kier molecular flexibility index (Phi) is 5.17. The number of aliphatic hydroxyl groups is 1. The van der Waals surface area contributed by atoms with Crippen LogP contribution in [0.5, 0.6) is 0 Å².